The molecule has 0 spiro atoms. The van der Waals surface area contributed by atoms with Crippen molar-refractivity contribution in [2.75, 3.05) is 25.7 Å². The van der Waals surface area contributed by atoms with Gasteiger partial charge in [-0.2, -0.15) is 0 Å². The van der Waals surface area contributed by atoms with Crippen molar-refractivity contribution in [3.63, 3.8) is 0 Å². The molecule has 0 radical (unpaired) electrons. The molecule has 3 aromatic heterocycles. The van der Waals surface area contributed by atoms with E-state index in [4.69, 9.17) is 9.47 Å². The Hall–Kier alpha value is -3.73. The highest BCUT2D eigenvalue weighted by molar-refractivity contribution is 7.90. The summed E-state index contributed by atoms with van der Waals surface area (Å²) in [5.41, 5.74) is 1.97. The van der Waals surface area contributed by atoms with Crippen LogP contribution in [0.1, 0.15) is 24.2 Å². The van der Waals surface area contributed by atoms with Gasteiger partial charge in [-0.3, -0.25) is 4.57 Å². The van der Waals surface area contributed by atoms with Gasteiger partial charge in [0.1, 0.15) is 15.7 Å². The molecule has 0 aliphatic rings. The van der Waals surface area contributed by atoms with E-state index in [1.54, 1.807) is 37.3 Å². The van der Waals surface area contributed by atoms with Crippen LogP contribution in [0, 0.1) is 12.7 Å². The number of nitrogens with one attached hydrogen (secondary N) is 1. The Bertz CT molecular complexity index is 1560. The first-order chi connectivity index (χ1) is 16.6. The van der Waals surface area contributed by atoms with Crippen LogP contribution in [-0.4, -0.2) is 53.7 Å². The molecule has 4 aromatic rings. The molecular weight excluding hydrogens is 475 g/mol. The van der Waals surface area contributed by atoms with Gasteiger partial charge >= 0.3 is 5.69 Å². The first-order valence-corrected chi connectivity index (χ1v) is 12.9. The number of fused-ring (bicyclic) bond motifs is 1. The van der Waals surface area contributed by atoms with Crippen LogP contribution >= 0.6 is 0 Å². The number of methoxy groups -OCH3 is 1. The van der Waals surface area contributed by atoms with Crippen molar-refractivity contribution in [1.29, 1.82) is 0 Å². The van der Waals surface area contributed by atoms with E-state index in [1.807, 2.05) is 6.92 Å². The monoisotopic (exact) mass is 500 g/mol. The summed E-state index contributed by atoms with van der Waals surface area (Å²) in [6, 6.07) is 8.53. The molecule has 3 heterocycles. The molecule has 184 valence electrons. The lowest BCUT2D eigenvalue weighted by atomic mass is 10.0. The highest BCUT2D eigenvalue weighted by atomic mass is 32.2. The quantitative estimate of drug-likeness (QED) is 0.395. The number of hydrogen-bond acceptors (Lipinski definition) is 7. The second-order valence-electron chi connectivity index (χ2n) is 8.16. The Labute approximate surface area is 201 Å². The first-order valence-electron chi connectivity index (χ1n) is 10.8. The number of aryl methyl sites for hydroxylation is 1. The third-order valence-corrected chi connectivity index (χ3v) is 6.37. The number of sulfone groups is 1. The van der Waals surface area contributed by atoms with Gasteiger partial charge in [-0.25, -0.2) is 27.6 Å². The lowest BCUT2D eigenvalue weighted by Gasteiger charge is -2.19. The molecule has 0 unspecified atom stereocenters. The number of imidazole rings is 1. The summed E-state index contributed by atoms with van der Waals surface area (Å²) in [5, 5.41) is 0. The van der Waals surface area contributed by atoms with Gasteiger partial charge in [-0.1, -0.05) is 11.6 Å². The minimum Gasteiger partial charge on any atom is -0.491 e. The SMILES string of the molecule is CCOc1nc([C@@H](CS(C)(=O)=O)n2c(=O)[nH]c3cc(-c4cc(C)ccc4F)cnc32)ccc1OC. The third-order valence-electron chi connectivity index (χ3n) is 5.45. The largest absolute Gasteiger partial charge is 0.491 e. The minimum atomic E-state index is -3.55. The van der Waals surface area contributed by atoms with Crippen LogP contribution < -0.4 is 15.2 Å². The molecule has 0 aliphatic heterocycles. The Balaban J connectivity index is 1.89. The van der Waals surface area contributed by atoms with Gasteiger partial charge < -0.3 is 14.5 Å². The first kappa shape index (κ1) is 24.4. The normalized spacial score (nSPS) is 12.6. The third kappa shape index (κ3) is 5.04. The molecule has 0 fully saturated rings. The van der Waals surface area contributed by atoms with Crippen molar-refractivity contribution in [2.24, 2.45) is 0 Å². The average molecular weight is 501 g/mol. The molecule has 0 saturated heterocycles. The van der Waals surface area contributed by atoms with Crippen molar-refractivity contribution < 1.29 is 22.3 Å². The lowest BCUT2D eigenvalue weighted by molar-refractivity contribution is 0.296. The number of aromatic nitrogens is 4. The highest BCUT2D eigenvalue weighted by Crippen LogP contribution is 2.30. The number of ether oxygens (including phenoxy) is 2. The lowest BCUT2D eigenvalue weighted by Crippen LogP contribution is -2.29. The van der Waals surface area contributed by atoms with Crippen LogP contribution in [-0.2, 0) is 9.84 Å². The second-order valence-corrected chi connectivity index (χ2v) is 10.3. The Kier molecular flexibility index (Phi) is 6.62. The van der Waals surface area contributed by atoms with Crippen LogP contribution in [0.2, 0.25) is 0 Å². The zero-order chi connectivity index (χ0) is 25.3. The maximum Gasteiger partial charge on any atom is 0.328 e. The molecule has 0 bridgehead atoms. The van der Waals surface area contributed by atoms with Crippen LogP contribution in [0.4, 0.5) is 4.39 Å². The molecule has 9 nitrogen and oxygen atoms in total. The fourth-order valence-corrected chi connectivity index (χ4v) is 4.81. The predicted molar refractivity (Wildman–Crippen MR) is 130 cm³/mol. The van der Waals surface area contributed by atoms with E-state index in [9.17, 15) is 17.6 Å². The standard InChI is InChI=1S/C24H25FN4O5S/c1-5-34-23-21(33-3)9-8-18(27-23)20(13-35(4,31)32)29-22-19(28-24(29)30)11-15(12-26-22)16-10-14(2)6-7-17(16)25/h6-12,20H,5,13H2,1-4H3,(H,28,30)/t20-/m1/s1. The summed E-state index contributed by atoms with van der Waals surface area (Å²) < 4.78 is 51.1. The number of halogens is 1. The van der Waals surface area contributed by atoms with Crippen molar-refractivity contribution in [2.45, 2.75) is 19.9 Å². The molecule has 0 saturated carbocycles. The van der Waals surface area contributed by atoms with Crippen molar-refractivity contribution in [1.82, 2.24) is 19.5 Å². The zero-order valence-electron chi connectivity index (χ0n) is 19.7. The van der Waals surface area contributed by atoms with Crippen molar-refractivity contribution >= 4 is 21.0 Å². The minimum absolute atomic E-state index is 0.184. The van der Waals surface area contributed by atoms with E-state index in [0.29, 0.717) is 34.7 Å². The smallest absolute Gasteiger partial charge is 0.328 e. The second kappa shape index (κ2) is 9.49. The van der Waals surface area contributed by atoms with E-state index in [0.717, 1.165) is 11.8 Å². The van der Waals surface area contributed by atoms with Gasteiger partial charge in [0.25, 0.3) is 5.88 Å². The van der Waals surface area contributed by atoms with Gasteiger partial charge in [-0.05, 0) is 44.2 Å². The van der Waals surface area contributed by atoms with Gasteiger partial charge in [0, 0.05) is 23.6 Å². The number of H-pyrrole nitrogens is 1. The molecule has 1 N–H and O–H groups in total. The summed E-state index contributed by atoms with van der Waals surface area (Å²) in [6.07, 6.45) is 2.54. The maximum absolute atomic E-state index is 14.4. The number of nitrogens with zero attached hydrogens (tertiary/aromatic N) is 3. The fraction of sp³-hybridized carbons (Fsp3) is 0.292. The number of aromatic amines is 1. The fourth-order valence-electron chi connectivity index (χ4n) is 3.91. The number of rotatable bonds is 8. The Morgan fingerprint density at radius 1 is 1.20 bits per heavy atom. The number of hydrogen-bond donors (Lipinski definition) is 1. The molecule has 0 amide bonds. The van der Waals surface area contributed by atoms with E-state index in [-0.39, 0.29) is 11.5 Å². The average Bonchev–Trinajstić information content (AvgIpc) is 3.13. The van der Waals surface area contributed by atoms with Gasteiger partial charge in [0.2, 0.25) is 0 Å². The van der Waals surface area contributed by atoms with E-state index in [2.05, 4.69) is 15.0 Å². The Morgan fingerprint density at radius 3 is 2.66 bits per heavy atom. The van der Waals surface area contributed by atoms with Gasteiger partial charge in [0.15, 0.2) is 11.4 Å². The van der Waals surface area contributed by atoms with Crippen molar-refractivity contribution in [3.05, 3.63) is 70.2 Å². The van der Waals surface area contributed by atoms with Crippen LogP contribution in [0.3, 0.4) is 0 Å². The molecule has 1 aromatic carbocycles. The molecule has 4 rings (SSSR count). The van der Waals surface area contributed by atoms with Crippen LogP contribution in [0.5, 0.6) is 11.6 Å². The van der Waals surface area contributed by atoms with E-state index < -0.39 is 33.1 Å². The predicted octanol–water partition coefficient (Wildman–Crippen LogP) is 3.28. The highest BCUT2D eigenvalue weighted by Gasteiger charge is 2.27. The van der Waals surface area contributed by atoms with E-state index in [1.165, 1.54) is 23.9 Å². The van der Waals surface area contributed by atoms with Crippen LogP contribution in [0.25, 0.3) is 22.3 Å². The zero-order valence-corrected chi connectivity index (χ0v) is 20.5. The summed E-state index contributed by atoms with van der Waals surface area (Å²) in [6.45, 7) is 3.95. The summed E-state index contributed by atoms with van der Waals surface area (Å²) in [4.78, 5) is 24.6. The molecule has 1 atom stereocenters. The summed E-state index contributed by atoms with van der Waals surface area (Å²) >= 11 is 0. The number of pyridine rings is 2. The van der Waals surface area contributed by atoms with Gasteiger partial charge in [-0.15, -0.1) is 0 Å². The van der Waals surface area contributed by atoms with Crippen molar-refractivity contribution in [3.8, 4) is 22.8 Å². The van der Waals surface area contributed by atoms with Gasteiger partial charge in [0.05, 0.1) is 36.7 Å². The summed E-state index contributed by atoms with van der Waals surface area (Å²) in [7, 11) is -2.08. The molecule has 0 aliphatic carbocycles. The topological polar surface area (TPSA) is 116 Å². The van der Waals surface area contributed by atoms with E-state index >= 15 is 0 Å². The maximum atomic E-state index is 14.4. The molecule has 11 heteroatoms. The number of benzene rings is 1. The molecule has 35 heavy (non-hydrogen) atoms. The summed E-state index contributed by atoms with van der Waals surface area (Å²) in [5.74, 6) is -0.257. The molecular formula is C24H25FN4O5S. The Morgan fingerprint density at radius 2 is 1.97 bits per heavy atom. The van der Waals surface area contributed by atoms with Crippen LogP contribution in [0.15, 0.2) is 47.4 Å².